The molecule has 0 fully saturated rings. The molecule has 0 bridgehead atoms. The van der Waals surface area contributed by atoms with Gasteiger partial charge in [0.2, 0.25) is 5.78 Å². The van der Waals surface area contributed by atoms with Gasteiger partial charge in [0.15, 0.2) is 5.76 Å². The fourth-order valence-corrected chi connectivity index (χ4v) is 2.97. The van der Waals surface area contributed by atoms with E-state index in [9.17, 15) is 9.59 Å². The average Bonchev–Trinajstić information content (AvgIpc) is 3.10. The van der Waals surface area contributed by atoms with Gasteiger partial charge in [-0.15, -0.1) is 11.3 Å². The van der Waals surface area contributed by atoms with Crippen molar-refractivity contribution in [1.82, 2.24) is 4.98 Å². The van der Waals surface area contributed by atoms with E-state index in [-0.39, 0.29) is 17.1 Å². The second kappa shape index (κ2) is 6.17. The maximum atomic E-state index is 11.9. The fraction of sp³-hybridized carbons (Fsp3) is 0. The number of ketones is 1. The third-order valence-corrected chi connectivity index (χ3v) is 4.05. The van der Waals surface area contributed by atoms with Crippen LogP contribution in [0.15, 0.2) is 51.9 Å². The topological polar surface area (TPSA) is 63.1 Å². The summed E-state index contributed by atoms with van der Waals surface area (Å²) in [6, 6.07) is 10.4. The normalized spacial score (nSPS) is 12.8. The molecule has 1 N–H and O–H groups in total. The van der Waals surface area contributed by atoms with Crippen molar-refractivity contribution in [2.75, 3.05) is 0 Å². The zero-order valence-corrected chi connectivity index (χ0v) is 12.8. The molecule has 0 saturated carbocycles. The number of hydrogen-bond acceptors (Lipinski definition) is 4. The number of rotatable bonds is 3. The van der Waals surface area contributed by atoms with Gasteiger partial charge in [-0.05, 0) is 35.9 Å². The van der Waals surface area contributed by atoms with Crippen LogP contribution < -0.4 is 14.8 Å². The number of Topliss-reactive ketones (excluding diaryl/α,β-unsaturated/α-hetero) is 1. The largest absolute Gasteiger partial charge is 0.461 e. The number of hydrogen-bond donors (Lipinski definition) is 1. The molecule has 0 amide bonds. The van der Waals surface area contributed by atoms with E-state index in [1.165, 1.54) is 23.7 Å². The van der Waals surface area contributed by atoms with E-state index in [0.717, 1.165) is 5.56 Å². The van der Waals surface area contributed by atoms with E-state index in [1.54, 1.807) is 30.3 Å². The summed E-state index contributed by atoms with van der Waals surface area (Å²) in [5.74, 6) is -0.0635. The number of nitrogens with one attached hydrogen (secondary N) is 1. The molecule has 2 aromatic heterocycles. The number of halogens is 1. The van der Waals surface area contributed by atoms with Gasteiger partial charge in [0.1, 0.15) is 0 Å². The van der Waals surface area contributed by atoms with Crippen LogP contribution in [0.5, 0.6) is 0 Å². The Morgan fingerprint density at radius 1 is 1.27 bits per heavy atom. The first-order valence-corrected chi connectivity index (χ1v) is 7.57. The van der Waals surface area contributed by atoms with Crippen LogP contribution in [-0.2, 0) is 0 Å². The highest BCUT2D eigenvalue weighted by molar-refractivity contribution is 7.07. The van der Waals surface area contributed by atoms with Crippen molar-refractivity contribution in [3.8, 4) is 0 Å². The zero-order chi connectivity index (χ0) is 15.5. The minimum Gasteiger partial charge on any atom is -0.461 e. The summed E-state index contributed by atoms with van der Waals surface area (Å²) in [5.41, 5.74) is 0.576. The summed E-state index contributed by atoms with van der Waals surface area (Å²) >= 11 is 7.12. The third-order valence-electron chi connectivity index (χ3n) is 2.85. The lowest BCUT2D eigenvalue weighted by molar-refractivity contribution is 0.103. The Morgan fingerprint density at radius 2 is 2.14 bits per heavy atom. The Kier molecular flexibility index (Phi) is 4.09. The number of thiazole rings is 1. The average molecular weight is 332 g/mol. The number of carbonyl (C=O) groups is 1. The highest BCUT2D eigenvalue weighted by Gasteiger charge is 2.05. The predicted octanol–water partition coefficient (Wildman–Crippen LogP) is 2.17. The van der Waals surface area contributed by atoms with E-state index < -0.39 is 0 Å². The number of furan rings is 1. The molecule has 3 rings (SSSR count). The highest BCUT2D eigenvalue weighted by atomic mass is 35.5. The molecule has 4 nitrogen and oxygen atoms in total. The maximum Gasteiger partial charge on any atom is 0.266 e. The first kappa shape index (κ1) is 14.6. The number of benzene rings is 1. The molecule has 0 aliphatic rings. The van der Waals surface area contributed by atoms with Gasteiger partial charge >= 0.3 is 0 Å². The molecular formula is C16H10ClNO3S. The van der Waals surface area contributed by atoms with Gasteiger partial charge in [0, 0.05) is 11.1 Å². The predicted molar refractivity (Wildman–Crippen MR) is 86.7 cm³/mol. The molecule has 0 radical (unpaired) electrons. The molecule has 110 valence electrons. The number of aromatic nitrogens is 1. The van der Waals surface area contributed by atoms with Crippen LogP contribution >= 0.6 is 22.9 Å². The zero-order valence-electron chi connectivity index (χ0n) is 11.2. The SMILES string of the molecule is O=C(/C=c1/[nH]c(=O)/c(=C/c2cccc(Cl)c2)s1)c1ccco1. The molecular weight excluding hydrogens is 322 g/mol. The summed E-state index contributed by atoms with van der Waals surface area (Å²) in [7, 11) is 0. The van der Waals surface area contributed by atoms with Gasteiger partial charge in [0.25, 0.3) is 5.56 Å². The fourth-order valence-electron chi connectivity index (χ4n) is 1.88. The second-order valence-electron chi connectivity index (χ2n) is 4.47. The van der Waals surface area contributed by atoms with Crippen molar-refractivity contribution < 1.29 is 9.21 Å². The minimum atomic E-state index is -0.295. The van der Waals surface area contributed by atoms with E-state index in [0.29, 0.717) is 14.2 Å². The summed E-state index contributed by atoms with van der Waals surface area (Å²) in [6.07, 6.45) is 4.50. The van der Waals surface area contributed by atoms with Crippen LogP contribution in [-0.4, -0.2) is 10.8 Å². The molecule has 0 aliphatic carbocycles. The first-order valence-electron chi connectivity index (χ1n) is 6.38. The first-order chi connectivity index (χ1) is 10.6. The summed E-state index contributed by atoms with van der Waals surface area (Å²) in [6.45, 7) is 0. The van der Waals surface area contributed by atoms with Gasteiger partial charge < -0.3 is 9.40 Å². The van der Waals surface area contributed by atoms with Gasteiger partial charge in [-0.1, -0.05) is 23.7 Å². The molecule has 0 atom stereocenters. The Morgan fingerprint density at radius 3 is 2.86 bits per heavy atom. The van der Waals surface area contributed by atoms with E-state index >= 15 is 0 Å². The quantitative estimate of drug-likeness (QED) is 0.748. The summed E-state index contributed by atoms with van der Waals surface area (Å²) < 4.78 is 6.00. The lowest BCUT2D eigenvalue weighted by Crippen LogP contribution is -2.19. The van der Waals surface area contributed by atoms with Crippen molar-refractivity contribution in [1.29, 1.82) is 0 Å². The van der Waals surface area contributed by atoms with Crippen molar-refractivity contribution in [3.63, 3.8) is 0 Å². The van der Waals surface area contributed by atoms with Crippen LogP contribution in [0.25, 0.3) is 12.2 Å². The van der Waals surface area contributed by atoms with Crippen LogP contribution in [0.1, 0.15) is 16.1 Å². The Labute approximate surface area is 134 Å². The Balaban J connectivity index is 2.01. The third kappa shape index (κ3) is 3.27. The lowest BCUT2D eigenvalue weighted by atomic mass is 10.2. The van der Waals surface area contributed by atoms with E-state index in [1.807, 2.05) is 12.1 Å². The molecule has 2 heterocycles. The number of H-pyrrole nitrogens is 1. The number of carbonyl (C=O) groups excluding carboxylic acids is 1. The van der Waals surface area contributed by atoms with Crippen molar-refractivity contribution >= 4 is 40.9 Å². The van der Waals surface area contributed by atoms with Crippen LogP contribution in [0.3, 0.4) is 0 Å². The van der Waals surface area contributed by atoms with Crippen molar-refractivity contribution in [3.05, 3.63) is 78.6 Å². The van der Waals surface area contributed by atoms with Crippen LogP contribution in [0, 0.1) is 0 Å². The molecule has 22 heavy (non-hydrogen) atoms. The van der Waals surface area contributed by atoms with Gasteiger partial charge in [-0.3, -0.25) is 9.59 Å². The number of aromatic amines is 1. The van der Waals surface area contributed by atoms with Crippen molar-refractivity contribution in [2.24, 2.45) is 0 Å². The van der Waals surface area contributed by atoms with E-state index in [4.69, 9.17) is 16.0 Å². The lowest BCUT2D eigenvalue weighted by Gasteiger charge is -1.91. The molecule has 0 aliphatic heterocycles. The van der Waals surface area contributed by atoms with Gasteiger partial charge in [0.05, 0.1) is 15.5 Å². The van der Waals surface area contributed by atoms with Gasteiger partial charge in [-0.25, -0.2) is 0 Å². The summed E-state index contributed by atoms with van der Waals surface area (Å²) in [4.78, 5) is 26.5. The van der Waals surface area contributed by atoms with Crippen molar-refractivity contribution in [2.45, 2.75) is 0 Å². The molecule has 0 saturated heterocycles. The van der Waals surface area contributed by atoms with Crippen LogP contribution in [0.4, 0.5) is 0 Å². The summed E-state index contributed by atoms with van der Waals surface area (Å²) in [5, 5.41) is 0.599. The van der Waals surface area contributed by atoms with Gasteiger partial charge in [-0.2, -0.15) is 0 Å². The second-order valence-corrected chi connectivity index (χ2v) is 5.99. The monoisotopic (exact) mass is 331 g/mol. The molecule has 0 unspecified atom stereocenters. The Hall–Kier alpha value is -2.37. The molecule has 0 spiro atoms. The minimum absolute atomic E-state index is 0.231. The molecule has 6 heteroatoms. The van der Waals surface area contributed by atoms with E-state index in [2.05, 4.69) is 4.98 Å². The smallest absolute Gasteiger partial charge is 0.266 e. The Bertz CT molecular complexity index is 983. The highest BCUT2D eigenvalue weighted by Crippen LogP contribution is 2.10. The molecule has 3 aromatic rings. The molecule has 1 aromatic carbocycles. The van der Waals surface area contributed by atoms with Crippen LogP contribution in [0.2, 0.25) is 5.02 Å². The maximum absolute atomic E-state index is 11.9. The standard InChI is InChI=1S/C16H10ClNO3S/c17-11-4-1-3-10(7-11)8-14-16(20)18-15(22-14)9-12(19)13-5-2-6-21-13/h1-9H,(H,18,20)/b14-8-,15-9-.